The number of nitrogens with zero attached hydrogens (tertiary/aromatic N) is 3. The van der Waals surface area contributed by atoms with Gasteiger partial charge in [-0.25, -0.2) is 0 Å². The summed E-state index contributed by atoms with van der Waals surface area (Å²) in [5.74, 6) is -0.0146. The highest BCUT2D eigenvalue weighted by molar-refractivity contribution is 5.93. The number of amides is 1. The smallest absolute Gasteiger partial charge is 0.270 e. The van der Waals surface area contributed by atoms with Crippen LogP contribution in [-0.4, -0.2) is 28.0 Å². The molecule has 1 amide bonds. The van der Waals surface area contributed by atoms with E-state index in [4.69, 9.17) is 5.26 Å². The van der Waals surface area contributed by atoms with Crippen LogP contribution in [0.4, 0.5) is 0 Å². The number of hydrogen-bond acceptors (Lipinski definition) is 2. The van der Waals surface area contributed by atoms with Crippen LogP contribution in [-0.2, 0) is 13.5 Å². The van der Waals surface area contributed by atoms with Gasteiger partial charge in [0.2, 0.25) is 0 Å². The molecule has 0 saturated carbocycles. The van der Waals surface area contributed by atoms with Gasteiger partial charge in [-0.1, -0.05) is 37.3 Å². The third-order valence-corrected chi connectivity index (χ3v) is 4.18. The Labute approximate surface area is 138 Å². The summed E-state index contributed by atoms with van der Waals surface area (Å²) in [6, 6.07) is 14.1. The maximum absolute atomic E-state index is 12.9. The monoisotopic (exact) mass is 309 g/mol. The number of hydrogen-bond donors (Lipinski definition) is 0. The molecule has 0 saturated heterocycles. The standard InChI is InChI=1S/C19H23N3O/c1-4-17(11-15-9-7-6-8-10-15)22(5-2)19(23)18-12-16(13-20)14-21(18)3/h6-10,12,14,17H,4-5,11H2,1-3H3/t17-/m1/s1. The minimum atomic E-state index is -0.0146. The zero-order valence-corrected chi connectivity index (χ0v) is 14.0. The van der Waals surface area contributed by atoms with Crippen LogP contribution in [0.5, 0.6) is 0 Å². The van der Waals surface area contributed by atoms with Crippen LogP contribution in [0.15, 0.2) is 42.6 Å². The summed E-state index contributed by atoms with van der Waals surface area (Å²) in [6.07, 6.45) is 3.43. The second-order valence-electron chi connectivity index (χ2n) is 5.68. The molecule has 0 fully saturated rings. The summed E-state index contributed by atoms with van der Waals surface area (Å²) < 4.78 is 1.73. The predicted octanol–water partition coefficient (Wildman–Crippen LogP) is 3.38. The molecule has 1 aromatic heterocycles. The molecule has 2 aromatic rings. The molecule has 120 valence electrons. The molecule has 1 atom stereocenters. The minimum Gasteiger partial charge on any atom is -0.345 e. The van der Waals surface area contributed by atoms with E-state index in [1.165, 1.54) is 5.56 Å². The summed E-state index contributed by atoms with van der Waals surface area (Å²) in [6.45, 7) is 4.76. The lowest BCUT2D eigenvalue weighted by Crippen LogP contribution is -2.41. The van der Waals surface area contributed by atoms with Crippen LogP contribution in [0.25, 0.3) is 0 Å². The molecule has 0 spiro atoms. The highest BCUT2D eigenvalue weighted by atomic mass is 16.2. The quantitative estimate of drug-likeness (QED) is 0.821. The van der Waals surface area contributed by atoms with Crippen molar-refractivity contribution in [1.82, 2.24) is 9.47 Å². The maximum Gasteiger partial charge on any atom is 0.270 e. The minimum absolute atomic E-state index is 0.0146. The molecule has 0 N–H and O–H groups in total. The molecule has 0 aliphatic carbocycles. The molecular formula is C19H23N3O. The van der Waals surface area contributed by atoms with Crippen molar-refractivity contribution in [3.8, 4) is 6.07 Å². The number of benzene rings is 1. The van der Waals surface area contributed by atoms with Gasteiger partial charge in [-0.3, -0.25) is 4.79 Å². The van der Waals surface area contributed by atoms with E-state index in [2.05, 4.69) is 25.1 Å². The normalized spacial score (nSPS) is 11.7. The lowest BCUT2D eigenvalue weighted by atomic mass is 10.0. The lowest BCUT2D eigenvalue weighted by molar-refractivity contribution is 0.0674. The molecule has 2 rings (SSSR count). The summed E-state index contributed by atoms with van der Waals surface area (Å²) in [7, 11) is 1.81. The largest absolute Gasteiger partial charge is 0.345 e. The van der Waals surface area contributed by atoms with Crippen molar-refractivity contribution >= 4 is 5.91 Å². The first-order valence-corrected chi connectivity index (χ1v) is 8.02. The van der Waals surface area contributed by atoms with Crippen LogP contribution < -0.4 is 0 Å². The van der Waals surface area contributed by atoms with Gasteiger partial charge in [0.05, 0.1) is 5.56 Å². The Morgan fingerprint density at radius 3 is 2.52 bits per heavy atom. The van der Waals surface area contributed by atoms with Gasteiger partial charge in [0.15, 0.2) is 0 Å². The van der Waals surface area contributed by atoms with E-state index < -0.39 is 0 Å². The van der Waals surface area contributed by atoms with Crippen molar-refractivity contribution in [2.24, 2.45) is 7.05 Å². The van der Waals surface area contributed by atoms with Gasteiger partial charge in [-0.2, -0.15) is 5.26 Å². The number of aromatic nitrogens is 1. The van der Waals surface area contributed by atoms with Gasteiger partial charge in [-0.05, 0) is 31.4 Å². The van der Waals surface area contributed by atoms with Gasteiger partial charge in [0.25, 0.3) is 5.91 Å². The number of rotatable bonds is 6. The number of carbonyl (C=O) groups is 1. The molecule has 0 radical (unpaired) electrons. The average Bonchev–Trinajstić information content (AvgIpc) is 2.96. The van der Waals surface area contributed by atoms with Crippen LogP contribution >= 0.6 is 0 Å². The molecule has 0 aliphatic heterocycles. The van der Waals surface area contributed by atoms with Crippen LogP contribution in [0.2, 0.25) is 0 Å². The van der Waals surface area contributed by atoms with E-state index in [0.29, 0.717) is 17.8 Å². The number of likely N-dealkylation sites (N-methyl/N-ethyl adjacent to an activating group) is 1. The van der Waals surface area contributed by atoms with Crippen molar-refractivity contribution < 1.29 is 4.79 Å². The number of nitriles is 1. The summed E-state index contributed by atoms with van der Waals surface area (Å²) >= 11 is 0. The Morgan fingerprint density at radius 2 is 2.00 bits per heavy atom. The molecule has 0 unspecified atom stereocenters. The van der Waals surface area contributed by atoms with Crippen LogP contribution in [0, 0.1) is 11.3 Å². The molecule has 23 heavy (non-hydrogen) atoms. The zero-order valence-electron chi connectivity index (χ0n) is 14.0. The molecule has 4 heteroatoms. The third-order valence-electron chi connectivity index (χ3n) is 4.18. The van der Waals surface area contributed by atoms with Crippen molar-refractivity contribution in [1.29, 1.82) is 5.26 Å². The van der Waals surface area contributed by atoms with E-state index in [1.54, 1.807) is 23.9 Å². The first-order chi connectivity index (χ1) is 11.1. The summed E-state index contributed by atoms with van der Waals surface area (Å²) in [5.41, 5.74) is 2.31. The third kappa shape index (κ3) is 3.81. The van der Waals surface area contributed by atoms with E-state index in [9.17, 15) is 4.79 Å². The molecule has 0 bridgehead atoms. The number of carbonyl (C=O) groups excluding carboxylic acids is 1. The summed E-state index contributed by atoms with van der Waals surface area (Å²) in [5, 5.41) is 9.01. The van der Waals surface area contributed by atoms with E-state index in [1.807, 2.05) is 30.0 Å². The molecule has 1 aromatic carbocycles. The lowest BCUT2D eigenvalue weighted by Gasteiger charge is -2.30. The second kappa shape index (κ2) is 7.64. The van der Waals surface area contributed by atoms with Crippen molar-refractivity contribution in [3.63, 3.8) is 0 Å². The fraction of sp³-hybridized carbons (Fsp3) is 0.368. The van der Waals surface area contributed by atoms with Gasteiger partial charge < -0.3 is 9.47 Å². The fourth-order valence-corrected chi connectivity index (χ4v) is 2.91. The van der Waals surface area contributed by atoms with E-state index >= 15 is 0 Å². The van der Waals surface area contributed by atoms with Crippen molar-refractivity contribution in [2.45, 2.75) is 32.7 Å². The highest BCUT2D eigenvalue weighted by Crippen LogP contribution is 2.17. The van der Waals surface area contributed by atoms with E-state index in [-0.39, 0.29) is 11.9 Å². The first kappa shape index (κ1) is 16.8. The average molecular weight is 309 g/mol. The molecule has 4 nitrogen and oxygen atoms in total. The Balaban J connectivity index is 2.23. The maximum atomic E-state index is 12.9. The number of aryl methyl sites for hydroxylation is 1. The van der Waals surface area contributed by atoms with Gasteiger partial charge in [0.1, 0.15) is 11.8 Å². The Morgan fingerprint density at radius 1 is 1.30 bits per heavy atom. The second-order valence-corrected chi connectivity index (χ2v) is 5.68. The SMILES string of the molecule is CC[C@H](Cc1ccccc1)N(CC)C(=O)c1cc(C#N)cn1C. The fourth-order valence-electron chi connectivity index (χ4n) is 2.91. The Bertz CT molecular complexity index is 697. The Kier molecular flexibility index (Phi) is 5.59. The predicted molar refractivity (Wildman–Crippen MR) is 91.1 cm³/mol. The molecule has 0 aliphatic rings. The van der Waals surface area contributed by atoms with Crippen molar-refractivity contribution in [2.75, 3.05) is 6.54 Å². The van der Waals surface area contributed by atoms with Gasteiger partial charge in [0, 0.05) is 25.8 Å². The van der Waals surface area contributed by atoms with Gasteiger partial charge in [-0.15, -0.1) is 0 Å². The zero-order chi connectivity index (χ0) is 16.8. The Hall–Kier alpha value is -2.54. The van der Waals surface area contributed by atoms with Gasteiger partial charge >= 0.3 is 0 Å². The van der Waals surface area contributed by atoms with Crippen LogP contribution in [0.3, 0.4) is 0 Å². The summed E-state index contributed by atoms with van der Waals surface area (Å²) in [4.78, 5) is 14.8. The molecular weight excluding hydrogens is 286 g/mol. The highest BCUT2D eigenvalue weighted by Gasteiger charge is 2.24. The van der Waals surface area contributed by atoms with Crippen molar-refractivity contribution in [3.05, 3.63) is 59.4 Å². The first-order valence-electron chi connectivity index (χ1n) is 8.02. The molecule has 1 heterocycles. The topological polar surface area (TPSA) is 49.0 Å². The van der Waals surface area contributed by atoms with Crippen LogP contribution in [0.1, 0.15) is 41.9 Å². The van der Waals surface area contributed by atoms with E-state index in [0.717, 1.165) is 12.8 Å².